The first-order valence-corrected chi connectivity index (χ1v) is 6.46. The average molecular weight is 235 g/mol. The molecule has 3 rings (SSSR count). The van der Waals surface area contributed by atoms with Crippen LogP contribution in [0.2, 0.25) is 0 Å². The maximum atomic E-state index is 12.9. The van der Waals surface area contributed by atoms with Crippen LogP contribution in [0.1, 0.15) is 25.7 Å². The zero-order chi connectivity index (χ0) is 11.7. The van der Waals surface area contributed by atoms with E-state index in [0.717, 1.165) is 18.9 Å². The molecule has 0 aliphatic carbocycles. The van der Waals surface area contributed by atoms with Crippen molar-refractivity contribution in [1.82, 2.24) is 10.3 Å². The molecule has 2 unspecified atom stereocenters. The van der Waals surface area contributed by atoms with Crippen LogP contribution in [0.5, 0.6) is 0 Å². The third-order valence-electron chi connectivity index (χ3n) is 3.87. The van der Waals surface area contributed by atoms with Crippen LogP contribution in [0.25, 0.3) is 0 Å². The SMILES string of the molecule is Fc1ccc(N2CCCC2C2CCCN2)nc1. The summed E-state index contributed by atoms with van der Waals surface area (Å²) in [6.07, 6.45) is 6.26. The average Bonchev–Trinajstić information content (AvgIpc) is 3.00. The first kappa shape index (κ1) is 11.0. The van der Waals surface area contributed by atoms with Crippen LogP contribution < -0.4 is 10.2 Å². The van der Waals surface area contributed by atoms with Gasteiger partial charge in [0.05, 0.1) is 6.20 Å². The number of pyridine rings is 1. The number of hydrogen-bond donors (Lipinski definition) is 1. The lowest BCUT2D eigenvalue weighted by molar-refractivity contribution is 0.480. The van der Waals surface area contributed by atoms with E-state index < -0.39 is 0 Å². The molecule has 0 bridgehead atoms. The lowest BCUT2D eigenvalue weighted by Gasteiger charge is -2.30. The Morgan fingerprint density at radius 3 is 2.94 bits per heavy atom. The fourth-order valence-electron chi connectivity index (χ4n) is 3.07. The van der Waals surface area contributed by atoms with Crippen molar-refractivity contribution in [1.29, 1.82) is 0 Å². The highest BCUT2D eigenvalue weighted by atomic mass is 19.1. The van der Waals surface area contributed by atoms with E-state index in [9.17, 15) is 4.39 Å². The molecule has 0 radical (unpaired) electrons. The Morgan fingerprint density at radius 2 is 2.24 bits per heavy atom. The normalized spacial score (nSPS) is 28.9. The van der Waals surface area contributed by atoms with Gasteiger partial charge in [-0.25, -0.2) is 9.37 Å². The predicted molar refractivity (Wildman–Crippen MR) is 65.6 cm³/mol. The van der Waals surface area contributed by atoms with Gasteiger partial charge < -0.3 is 10.2 Å². The van der Waals surface area contributed by atoms with Crippen molar-refractivity contribution in [3.8, 4) is 0 Å². The van der Waals surface area contributed by atoms with Crippen molar-refractivity contribution in [2.45, 2.75) is 37.8 Å². The molecule has 0 spiro atoms. The number of anilines is 1. The van der Waals surface area contributed by atoms with Gasteiger partial charge in [-0.1, -0.05) is 0 Å². The van der Waals surface area contributed by atoms with Crippen molar-refractivity contribution >= 4 is 5.82 Å². The molecule has 0 amide bonds. The zero-order valence-corrected chi connectivity index (χ0v) is 9.90. The largest absolute Gasteiger partial charge is 0.352 e. The van der Waals surface area contributed by atoms with Gasteiger partial charge in [-0.15, -0.1) is 0 Å². The van der Waals surface area contributed by atoms with E-state index in [1.807, 2.05) is 0 Å². The Bertz CT molecular complexity index is 373. The van der Waals surface area contributed by atoms with Crippen LogP contribution >= 0.6 is 0 Å². The summed E-state index contributed by atoms with van der Waals surface area (Å²) in [5.41, 5.74) is 0. The van der Waals surface area contributed by atoms with Gasteiger partial charge >= 0.3 is 0 Å². The molecule has 3 heterocycles. The molecule has 1 N–H and O–H groups in total. The second-order valence-corrected chi connectivity index (χ2v) is 4.94. The van der Waals surface area contributed by atoms with E-state index in [4.69, 9.17) is 0 Å². The molecule has 4 heteroatoms. The molecular formula is C13H18FN3. The number of halogens is 1. The smallest absolute Gasteiger partial charge is 0.141 e. The predicted octanol–water partition coefficient (Wildman–Crippen LogP) is 1.94. The lowest BCUT2D eigenvalue weighted by Crippen LogP contribution is -2.44. The second-order valence-electron chi connectivity index (χ2n) is 4.94. The molecule has 2 aliphatic heterocycles. The molecule has 0 aromatic carbocycles. The third kappa shape index (κ3) is 2.14. The number of nitrogens with one attached hydrogen (secondary N) is 1. The minimum absolute atomic E-state index is 0.261. The highest BCUT2D eigenvalue weighted by Gasteiger charge is 2.33. The Kier molecular flexibility index (Phi) is 2.97. The molecule has 92 valence electrons. The van der Waals surface area contributed by atoms with Gasteiger partial charge in [0.25, 0.3) is 0 Å². The Morgan fingerprint density at radius 1 is 1.29 bits per heavy atom. The highest BCUT2D eigenvalue weighted by Crippen LogP contribution is 2.28. The molecule has 1 aromatic rings. The van der Waals surface area contributed by atoms with Crippen LogP contribution in [-0.4, -0.2) is 30.2 Å². The van der Waals surface area contributed by atoms with Gasteiger partial charge in [0, 0.05) is 18.6 Å². The van der Waals surface area contributed by atoms with Crippen molar-refractivity contribution in [2.24, 2.45) is 0 Å². The summed E-state index contributed by atoms with van der Waals surface area (Å²) in [7, 11) is 0. The molecular weight excluding hydrogens is 217 g/mol. The van der Waals surface area contributed by atoms with Crippen LogP contribution in [-0.2, 0) is 0 Å². The fraction of sp³-hybridized carbons (Fsp3) is 0.615. The first-order chi connectivity index (χ1) is 8.34. The van der Waals surface area contributed by atoms with Gasteiger partial charge in [-0.3, -0.25) is 0 Å². The summed E-state index contributed by atoms with van der Waals surface area (Å²) in [6.45, 7) is 2.17. The van der Waals surface area contributed by atoms with E-state index in [0.29, 0.717) is 12.1 Å². The number of hydrogen-bond acceptors (Lipinski definition) is 3. The maximum Gasteiger partial charge on any atom is 0.141 e. The van der Waals surface area contributed by atoms with Crippen molar-refractivity contribution < 1.29 is 4.39 Å². The lowest BCUT2D eigenvalue weighted by atomic mass is 10.0. The molecule has 2 atom stereocenters. The summed E-state index contributed by atoms with van der Waals surface area (Å²) in [5.74, 6) is 0.658. The highest BCUT2D eigenvalue weighted by molar-refractivity contribution is 5.41. The van der Waals surface area contributed by atoms with E-state index >= 15 is 0 Å². The second kappa shape index (κ2) is 4.61. The van der Waals surface area contributed by atoms with Crippen molar-refractivity contribution in [3.05, 3.63) is 24.1 Å². The van der Waals surface area contributed by atoms with Gasteiger partial charge in [-0.2, -0.15) is 0 Å². The summed E-state index contributed by atoms with van der Waals surface area (Å²) in [6, 6.07) is 4.42. The number of rotatable bonds is 2. The van der Waals surface area contributed by atoms with Gasteiger partial charge in [0.1, 0.15) is 11.6 Å². The van der Waals surface area contributed by atoms with Crippen LogP contribution in [0.3, 0.4) is 0 Å². The first-order valence-electron chi connectivity index (χ1n) is 6.46. The van der Waals surface area contributed by atoms with Gasteiger partial charge in [-0.05, 0) is 44.4 Å². The van der Waals surface area contributed by atoms with Gasteiger partial charge in [0.15, 0.2) is 0 Å². The van der Waals surface area contributed by atoms with Crippen LogP contribution in [0.15, 0.2) is 18.3 Å². The Labute approximate surface area is 101 Å². The third-order valence-corrected chi connectivity index (χ3v) is 3.87. The number of aromatic nitrogens is 1. The van der Waals surface area contributed by atoms with Crippen molar-refractivity contribution in [3.63, 3.8) is 0 Å². The van der Waals surface area contributed by atoms with Crippen LogP contribution in [0, 0.1) is 5.82 Å². The van der Waals surface area contributed by atoms with E-state index in [2.05, 4.69) is 15.2 Å². The van der Waals surface area contributed by atoms with E-state index in [1.54, 1.807) is 6.07 Å². The van der Waals surface area contributed by atoms with E-state index in [-0.39, 0.29) is 5.82 Å². The minimum Gasteiger partial charge on any atom is -0.352 e. The summed E-state index contributed by atoms with van der Waals surface area (Å²) < 4.78 is 12.9. The molecule has 0 saturated carbocycles. The van der Waals surface area contributed by atoms with Gasteiger partial charge in [0.2, 0.25) is 0 Å². The minimum atomic E-state index is -0.261. The monoisotopic (exact) mass is 235 g/mol. The Balaban J connectivity index is 1.78. The number of nitrogens with zero attached hydrogens (tertiary/aromatic N) is 2. The fourth-order valence-corrected chi connectivity index (χ4v) is 3.07. The molecule has 2 saturated heterocycles. The molecule has 2 aliphatic rings. The summed E-state index contributed by atoms with van der Waals surface area (Å²) in [5, 5.41) is 3.57. The van der Waals surface area contributed by atoms with Crippen LogP contribution in [0.4, 0.5) is 10.2 Å². The standard InChI is InChI=1S/C13H18FN3/c14-10-5-6-13(16-9-10)17-8-2-4-12(17)11-3-1-7-15-11/h5-6,9,11-12,15H,1-4,7-8H2. The summed E-state index contributed by atoms with van der Waals surface area (Å²) in [4.78, 5) is 6.54. The zero-order valence-electron chi connectivity index (χ0n) is 9.90. The Hall–Kier alpha value is -1.16. The van der Waals surface area contributed by atoms with E-state index in [1.165, 1.54) is 37.9 Å². The maximum absolute atomic E-state index is 12.9. The molecule has 17 heavy (non-hydrogen) atoms. The van der Waals surface area contributed by atoms with Crippen molar-refractivity contribution in [2.75, 3.05) is 18.0 Å². The topological polar surface area (TPSA) is 28.2 Å². The molecule has 2 fully saturated rings. The summed E-state index contributed by atoms with van der Waals surface area (Å²) >= 11 is 0. The molecule has 1 aromatic heterocycles. The molecule has 3 nitrogen and oxygen atoms in total. The quantitative estimate of drug-likeness (QED) is 0.849.